The summed E-state index contributed by atoms with van der Waals surface area (Å²) >= 11 is 0. The second kappa shape index (κ2) is 8.99. The van der Waals surface area contributed by atoms with E-state index in [0.29, 0.717) is 37.9 Å². The highest BCUT2D eigenvalue weighted by Crippen LogP contribution is 2.52. The molecular formula is C23H30N4O4. The molecule has 2 amide bonds. The van der Waals surface area contributed by atoms with Crippen LogP contribution in [-0.2, 0) is 16.1 Å². The third-order valence-electron chi connectivity index (χ3n) is 6.44. The van der Waals surface area contributed by atoms with Gasteiger partial charge in [0, 0.05) is 31.3 Å². The van der Waals surface area contributed by atoms with Crippen molar-refractivity contribution in [2.24, 2.45) is 28.7 Å². The number of allylic oxidation sites excluding steroid dienone is 2. The molecule has 31 heavy (non-hydrogen) atoms. The van der Waals surface area contributed by atoms with Crippen LogP contribution in [0, 0.1) is 23.7 Å². The second-order valence-corrected chi connectivity index (χ2v) is 8.13. The molecule has 8 nitrogen and oxygen atoms in total. The number of nitrogens with one attached hydrogen (secondary N) is 2. The van der Waals surface area contributed by atoms with Gasteiger partial charge in [0.1, 0.15) is 11.5 Å². The van der Waals surface area contributed by atoms with Crippen LogP contribution in [0.25, 0.3) is 0 Å². The smallest absolute Gasteiger partial charge is 0.233 e. The topological polar surface area (TPSA) is 92.3 Å². The lowest BCUT2D eigenvalue weighted by Crippen LogP contribution is -2.43. The highest BCUT2D eigenvalue weighted by molar-refractivity contribution is 6.06. The molecule has 4 rings (SSSR count). The molecule has 0 spiro atoms. The first-order valence-corrected chi connectivity index (χ1v) is 10.8. The summed E-state index contributed by atoms with van der Waals surface area (Å²) in [7, 11) is 3.23. The molecule has 1 saturated carbocycles. The number of aliphatic imine (C=N–C) groups is 1. The fourth-order valence-corrected chi connectivity index (χ4v) is 4.96. The van der Waals surface area contributed by atoms with E-state index in [-0.39, 0.29) is 35.5 Å². The number of likely N-dealkylation sites (tertiary alicyclic amines) is 1. The van der Waals surface area contributed by atoms with Crippen molar-refractivity contribution >= 4 is 17.8 Å². The zero-order valence-corrected chi connectivity index (χ0v) is 18.3. The van der Waals surface area contributed by atoms with Crippen LogP contribution in [0.3, 0.4) is 0 Å². The van der Waals surface area contributed by atoms with Crippen LogP contribution in [0.1, 0.15) is 18.9 Å². The van der Waals surface area contributed by atoms with E-state index in [1.54, 1.807) is 14.2 Å². The lowest BCUT2D eigenvalue weighted by Gasteiger charge is -2.18. The third kappa shape index (κ3) is 3.98. The summed E-state index contributed by atoms with van der Waals surface area (Å²) in [4.78, 5) is 31.6. The number of fused-ring (bicyclic) bond motifs is 5. The van der Waals surface area contributed by atoms with Gasteiger partial charge >= 0.3 is 0 Å². The maximum absolute atomic E-state index is 12.8. The molecule has 0 radical (unpaired) electrons. The minimum atomic E-state index is -0.146. The van der Waals surface area contributed by atoms with Crippen molar-refractivity contribution in [2.75, 3.05) is 33.9 Å². The maximum Gasteiger partial charge on any atom is 0.233 e. The first-order chi connectivity index (χ1) is 15.1. The quantitative estimate of drug-likeness (QED) is 0.284. The standard InChI is InChI=1S/C23H30N4O4/c1-4-24-23(26-13-16-7-8-17(30-2)12-18(16)31-3)25-9-10-27-21(28)19-14-5-6-15(11-14)20(19)22(27)29/h5-8,12,14-15,19-20H,4,9-11,13H2,1-3H3,(H2,24,25,26). The Bertz CT molecular complexity index is 883. The van der Waals surface area contributed by atoms with Gasteiger partial charge in [-0.05, 0) is 37.3 Å². The van der Waals surface area contributed by atoms with E-state index in [0.717, 1.165) is 17.7 Å². The van der Waals surface area contributed by atoms with E-state index in [9.17, 15) is 9.59 Å². The van der Waals surface area contributed by atoms with Crippen molar-refractivity contribution in [3.05, 3.63) is 35.9 Å². The number of hydrogen-bond acceptors (Lipinski definition) is 5. The molecule has 4 atom stereocenters. The van der Waals surface area contributed by atoms with Gasteiger partial charge in [0.2, 0.25) is 11.8 Å². The number of imide groups is 1. The summed E-state index contributed by atoms with van der Waals surface area (Å²) in [5, 5.41) is 6.43. The molecule has 1 aliphatic heterocycles. The van der Waals surface area contributed by atoms with Crippen LogP contribution in [0.5, 0.6) is 11.5 Å². The largest absolute Gasteiger partial charge is 0.497 e. The Morgan fingerprint density at radius 2 is 1.81 bits per heavy atom. The van der Waals surface area contributed by atoms with E-state index in [2.05, 4.69) is 27.8 Å². The van der Waals surface area contributed by atoms with Gasteiger partial charge < -0.3 is 20.1 Å². The van der Waals surface area contributed by atoms with E-state index in [1.165, 1.54) is 4.90 Å². The maximum atomic E-state index is 12.8. The molecule has 166 valence electrons. The van der Waals surface area contributed by atoms with Crippen LogP contribution in [-0.4, -0.2) is 56.5 Å². The normalized spacial score (nSPS) is 26.4. The predicted octanol–water partition coefficient (Wildman–Crippen LogP) is 1.57. The summed E-state index contributed by atoms with van der Waals surface area (Å²) in [6.07, 6.45) is 5.18. The Morgan fingerprint density at radius 1 is 1.10 bits per heavy atom. The highest BCUT2D eigenvalue weighted by Gasteiger charge is 2.58. The number of methoxy groups -OCH3 is 2. The van der Waals surface area contributed by atoms with Crippen molar-refractivity contribution in [3.8, 4) is 11.5 Å². The molecule has 8 heteroatoms. The molecule has 2 aliphatic carbocycles. The summed E-state index contributed by atoms with van der Waals surface area (Å²) in [6.45, 7) is 3.91. The Hall–Kier alpha value is -3.03. The molecule has 1 heterocycles. The molecule has 1 saturated heterocycles. The van der Waals surface area contributed by atoms with Gasteiger partial charge in [0.05, 0.1) is 32.6 Å². The van der Waals surface area contributed by atoms with Crippen LogP contribution >= 0.6 is 0 Å². The summed E-state index contributed by atoms with van der Waals surface area (Å²) in [6, 6.07) is 5.62. The van der Waals surface area contributed by atoms with Crippen molar-refractivity contribution in [1.82, 2.24) is 15.5 Å². The van der Waals surface area contributed by atoms with Gasteiger partial charge in [-0.25, -0.2) is 4.99 Å². The van der Waals surface area contributed by atoms with Crippen molar-refractivity contribution in [3.63, 3.8) is 0 Å². The van der Waals surface area contributed by atoms with Crippen LogP contribution in [0.2, 0.25) is 0 Å². The van der Waals surface area contributed by atoms with Crippen molar-refractivity contribution in [1.29, 1.82) is 0 Å². The van der Waals surface area contributed by atoms with Gasteiger partial charge in [-0.15, -0.1) is 0 Å². The number of guanidine groups is 1. The predicted molar refractivity (Wildman–Crippen MR) is 117 cm³/mol. The zero-order valence-electron chi connectivity index (χ0n) is 18.3. The van der Waals surface area contributed by atoms with Gasteiger partial charge in [-0.2, -0.15) is 0 Å². The molecule has 2 N–H and O–H groups in total. The molecular weight excluding hydrogens is 396 g/mol. The van der Waals surface area contributed by atoms with Gasteiger partial charge in [0.15, 0.2) is 5.96 Å². The van der Waals surface area contributed by atoms with Gasteiger partial charge in [-0.1, -0.05) is 12.2 Å². The molecule has 3 aliphatic rings. The Kier molecular flexibility index (Phi) is 6.15. The van der Waals surface area contributed by atoms with Crippen LogP contribution in [0.4, 0.5) is 0 Å². The van der Waals surface area contributed by atoms with E-state index < -0.39 is 0 Å². The average Bonchev–Trinajstić information content (AvgIpc) is 3.47. The monoisotopic (exact) mass is 426 g/mol. The Labute approximate surface area is 182 Å². The molecule has 0 aromatic heterocycles. The zero-order chi connectivity index (χ0) is 22.0. The summed E-state index contributed by atoms with van der Waals surface area (Å²) in [5.74, 6) is 2.22. The number of carbonyl (C=O) groups is 2. The highest BCUT2D eigenvalue weighted by atomic mass is 16.5. The van der Waals surface area contributed by atoms with E-state index in [4.69, 9.17) is 9.47 Å². The molecule has 1 aromatic rings. The Balaban J connectivity index is 1.35. The lowest BCUT2D eigenvalue weighted by atomic mass is 9.85. The molecule has 4 unspecified atom stereocenters. The van der Waals surface area contributed by atoms with Crippen molar-refractivity contribution < 1.29 is 19.1 Å². The fourth-order valence-electron chi connectivity index (χ4n) is 4.96. The second-order valence-electron chi connectivity index (χ2n) is 8.13. The number of rotatable bonds is 8. The van der Waals surface area contributed by atoms with E-state index in [1.807, 2.05) is 25.1 Å². The number of nitrogens with zero attached hydrogens (tertiary/aromatic N) is 2. The SMILES string of the molecule is CCNC(=NCc1ccc(OC)cc1OC)NCCN1C(=O)C2C3C=CC(C3)C2C1=O. The lowest BCUT2D eigenvalue weighted by molar-refractivity contribution is -0.140. The first-order valence-electron chi connectivity index (χ1n) is 10.8. The number of amides is 2. The fraction of sp³-hybridized carbons (Fsp3) is 0.522. The number of benzene rings is 1. The van der Waals surface area contributed by atoms with Crippen LogP contribution < -0.4 is 20.1 Å². The van der Waals surface area contributed by atoms with E-state index >= 15 is 0 Å². The van der Waals surface area contributed by atoms with Gasteiger partial charge in [-0.3, -0.25) is 14.5 Å². The minimum Gasteiger partial charge on any atom is -0.497 e. The number of carbonyl (C=O) groups excluding carboxylic acids is 2. The average molecular weight is 427 g/mol. The third-order valence-corrected chi connectivity index (χ3v) is 6.44. The minimum absolute atomic E-state index is 0.0152. The van der Waals surface area contributed by atoms with Crippen LogP contribution in [0.15, 0.2) is 35.3 Å². The van der Waals surface area contributed by atoms with Crippen molar-refractivity contribution in [2.45, 2.75) is 19.9 Å². The molecule has 1 aromatic carbocycles. The molecule has 2 bridgehead atoms. The van der Waals surface area contributed by atoms with Gasteiger partial charge in [0.25, 0.3) is 0 Å². The number of ether oxygens (including phenoxy) is 2. The summed E-state index contributed by atoms with van der Waals surface area (Å²) < 4.78 is 10.7. The Morgan fingerprint density at radius 3 is 2.42 bits per heavy atom. The summed E-state index contributed by atoms with van der Waals surface area (Å²) in [5.41, 5.74) is 0.932. The number of hydrogen-bond donors (Lipinski definition) is 2. The first kappa shape index (κ1) is 21.2. The molecule has 2 fully saturated rings.